The van der Waals surface area contributed by atoms with Crippen LogP contribution < -0.4 is 0 Å². The van der Waals surface area contributed by atoms with E-state index < -0.39 is 5.41 Å². The van der Waals surface area contributed by atoms with Gasteiger partial charge in [0.2, 0.25) is 0 Å². The third-order valence-corrected chi connectivity index (χ3v) is 1.78. The molecule has 54 valence electrons. The SMILES string of the molecule is CC1=CCC(C#N)(C#N)C=C1. The minimum atomic E-state index is -0.903. The maximum Gasteiger partial charge on any atom is 0.165 e. The summed E-state index contributed by atoms with van der Waals surface area (Å²) in [5.74, 6) is 0. The average Bonchev–Trinajstić information content (AvgIpc) is 2.07. The fraction of sp³-hybridized carbons (Fsp3) is 0.333. The van der Waals surface area contributed by atoms with Crippen molar-refractivity contribution in [3.05, 3.63) is 23.8 Å². The monoisotopic (exact) mass is 144 g/mol. The molecule has 0 atom stereocenters. The summed E-state index contributed by atoms with van der Waals surface area (Å²) in [7, 11) is 0. The van der Waals surface area contributed by atoms with Crippen LogP contribution in [0.3, 0.4) is 0 Å². The second kappa shape index (κ2) is 2.60. The second-order valence-corrected chi connectivity index (χ2v) is 2.68. The largest absolute Gasteiger partial charge is 0.196 e. The minimum absolute atomic E-state index is 0.516. The molecule has 0 heterocycles. The van der Waals surface area contributed by atoms with Crippen molar-refractivity contribution in [3.8, 4) is 12.1 Å². The molecule has 1 aliphatic rings. The topological polar surface area (TPSA) is 47.6 Å². The lowest BCUT2D eigenvalue weighted by atomic mass is 9.83. The van der Waals surface area contributed by atoms with Gasteiger partial charge in [-0.2, -0.15) is 10.5 Å². The van der Waals surface area contributed by atoms with Crippen LogP contribution in [0.5, 0.6) is 0 Å². The number of allylic oxidation sites excluding steroid dienone is 4. The summed E-state index contributed by atoms with van der Waals surface area (Å²) in [5.41, 5.74) is 0.214. The zero-order valence-corrected chi connectivity index (χ0v) is 6.33. The molecule has 2 nitrogen and oxygen atoms in total. The standard InChI is InChI=1S/C9H8N2/c1-8-2-4-9(6-10,7-11)5-3-8/h2-4H,5H2,1H3. The molecule has 0 saturated carbocycles. The Morgan fingerprint density at radius 3 is 2.45 bits per heavy atom. The number of rotatable bonds is 0. The summed E-state index contributed by atoms with van der Waals surface area (Å²) < 4.78 is 0. The third-order valence-electron chi connectivity index (χ3n) is 1.78. The van der Waals surface area contributed by atoms with E-state index in [1.54, 1.807) is 6.08 Å². The Hall–Kier alpha value is -1.54. The molecular formula is C9H8N2. The molecule has 0 aromatic carbocycles. The van der Waals surface area contributed by atoms with Crippen molar-refractivity contribution in [1.29, 1.82) is 10.5 Å². The molecule has 0 N–H and O–H groups in total. The number of hydrogen-bond acceptors (Lipinski definition) is 2. The van der Waals surface area contributed by atoms with E-state index in [-0.39, 0.29) is 0 Å². The first-order valence-corrected chi connectivity index (χ1v) is 3.41. The summed E-state index contributed by atoms with van der Waals surface area (Å²) in [6, 6.07) is 3.99. The molecule has 0 spiro atoms. The maximum atomic E-state index is 8.67. The number of nitrogens with zero attached hydrogens (tertiary/aromatic N) is 2. The highest BCUT2D eigenvalue weighted by molar-refractivity contribution is 5.35. The number of nitriles is 2. The van der Waals surface area contributed by atoms with Crippen molar-refractivity contribution in [3.63, 3.8) is 0 Å². The molecule has 0 unspecified atom stereocenters. The summed E-state index contributed by atoms with van der Waals surface area (Å²) >= 11 is 0. The fourth-order valence-corrected chi connectivity index (χ4v) is 0.923. The van der Waals surface area contributed by atoms with Gasteiger partial charge in [-0.1, -0.05) is 17.7 Å². The van der Waals surface area contributed by atoms with Gasteiger partial charge in [-0.3, -0.25) is 0 Å². The van der Waals surface area contributed by atoms with Crippen LogP contribution in [-0.2, 0) is 0 Å². The maximum absolute atomic E-state index is 8.67. The highest BCUT2D eigenvalue weighted by Gasteiger charge is 2.26. The minimum Gasteiger partial charge on any atom is -0.196 e. The lowest BCUT2D eigenvalue weighted by Gasteiger charge is -2.14. The predicted octanol–water partition coefficient (Wildman–Crippen LogP) is 1.93. The van der Waals surface area contributed by atoms with Gasteiger partial charge in [-0.05, 0) is 13.0 Å². The Morgan fingerprint density at radius 2 is 2.09 bits per heavy atom. The predicted molar refractivity (Wildman–Crippen MR) is 41.2 cm³/mol. The van der Waals surface area contributed by atoms with Crippen LogP contribution >= 0.6 is 0 Å². The van der Waals surface area contributed by atoms with Crippen molar-refractivity contribution in [2.75, 3.05) is 0 Å². The van der Waals surface area contributed by atoms with Crippen molar-refractivity contribution in [2.24, 2.45) is 5.41 Å². The summed E-state index contributed by atoms with van der Waals surface area (Å²) in [5, 5.41) is 17.3. The van der Waals surface area contributed by atoms with E-state index in [9.17, 15) is 0 Å². The molecule has 1 rings (SSSR count). The van der Waals surface area contributed by atoms with Crippen LogP contribution in [0.15, 0.2) is 23.8 Å². The Balaban J connectivity index is 2.93. The van der Waals surface area contributed by atoms with E-state index in [0.29, 0.717) is 6.42 Å². The summed E-state index contributed by atoms with van der Waals surface area (Å²) in [6.45, 7) is 1.95. The van der Waals surface area contributed by atoms with Gasteiger partial charge in [-0.25, -0.2) is 0 Å². The fourth-order valence-electron chi connectivity index (χ4n) is 0.923. The van der Waals surface area contributed by atoms with Crippen molar-refractivity contribution in [2.45, 2.75) is 13.3 Å². The zero-order chi connectivity index (χ0) is 8.32. The quantitative estimate of drug-likeness (QED) is 0.521. The normalized spacial score (nSPS) is 19.7. The van der Waals surface area contributed by atoms with Gasteiger partial charge in [0.1, 0.15) is 0 Å². The van der Waals surface area contributed by atoms with E-state index in [2.05, 4.69) is 0 Å². The third kappa shape index (κ3) is 1.30. The first kappa shape index (κ1) is 7.57. The summed E-state index contributed by atoms with van der Waals surface area (Å²) in [6.07, 6.45) is 5.91. The van der Waals surface area contributed by atoms with Gasteiger partial charge >= 0.3 is 0 Å². The molecule has 0 aliphatic heterocycles. The van der Waals surface area contributed by atoms with Crippen LogP contribution in [0.4, 0.5) is 0 Å². The molecule has 0 amide bonds. The smallest absolute Gasteiger partial charge is 0.165 e. The first-order valence-electron chi connectivity index (χ1n) is 3.41. The molecule has 0 fully saturated rings. The molecule has 0 radical (unpaired) electrons. The van der Waals surface area contributed by atoms with Gasteiger partial charge in [-0.15, -0.1) is 0 Å². The van der Waals surface area contributed by atoms with E-state index in [1.807, 2.05) is 31.2 Å². The zero-order valence-electron chi connectivity index (χ0n) is 6.33. The van der Waals surface area contributed by atoms with Crippen LogP contribution in [0.1, 0.15) is 13.3 Å². The molecule has 0 saturated heterocycles. The molecule has 0 aromatic rings. The molecule has 1 aliphatic carbocycles. The van der Waals surface area contributed by atoms with Crippen LogP contribution in [0.2, 0.25) is 0 Å². The first-order chi connectivity index (χ1) is 5.22. The lowest BCUT2D eigenvalue weighted by Crippen LogP contribution is -2.13. The molecule has 2 heteroatoms. The van der Waals surface area contributed by atoms with Gasteiger partial charge in [0.15, 0.2) is 5.41 Å². The van der Waals surface area contributed by atoms with Crippen molar-refractivity contribution >= 4 is 0 Å². The van der Waals surface area contributed by atoms with Gasteiger partial charge in [0, 0.05) is 6.42 Å². The van der Waals surface area contributed by atoms with E-state index in [1.165, 1.54) is 0 Å². The van der Waals surface area contributed by atoms with Crippen LogP contribution in [0, 0.1) is 28.1 Å². The van der Waals surface area contributed by atoms with Gasteiger partial charge < -0.3 is 0 Å². The van der Waals surface area contributed by atoms with Crippen molar-refractivity contribution in [1.82, 2.24) is 0 Å². The lowest BCUT2D eigenvalue weighted by molar-refractivity contribution is 0.663. The highest BCUT2D eigenvalue weighted by Crippen LogP contribution is 2.27. The highest BCUT2D eigenvalue weighted by atomic mass is 14.4. The van der Waals surface area contributed by atoms with Crippen LogP contribution in [0.25, 0.3) is 0 Å². The van der Waals surface area contributed by atoms with E-state index >= 15 is 0 Å². The molecule has 0 aromatic heterocycles. The Kier molecular flexibility index (Phi) is 1.79. The Morgan fingerprint density at radius 1 is 1.45 bits per heavy atom. The van der Waals surface area contributed by atoms with Gasteiger partial charge in [0.05, 0.1) is 12.1 Å². The average molecular weight is 144 g/mol. The van der Waals surface area contributed by atoms with Gasteiger partial charge in [0.25, 0.3) is 0 Å². The van der Waals surface area contributed by atoms with E-state index in [4.69, 9.17) is 10.5 Å². The number of hydrogen-bond donors (Lipinski definition) is 0. The molecule has 11 heavy (non-hydrogen) atoms. The van der Waals surface area contributed by atoms with Crippen LogP contribution in [-0.4, -0.2) is 0 Å². The van der Waals surface area contributed by atoms with E-state index in [0.717, 1.165) is 5.57 Å². The summed E-state index contributed by atoms with van der Waals surface area (Å²) in [4.78, 5) is 0. The molecular weight excluding hydrogens is 136 g/mol. The van der Waals surface area contributed by atoms with Crippen molar-refractivity contribution < 1.29 is 0 Å². The second-order valence-electron chi connectivity index (χ2n) is 2.68. The Labute approximate surface area is 66.1 Å². The Bertz CT molecular complexity index is 283. The molecule has 0 bridgehead atoms.